The van der Waals surface area contributed by atoms with Gasteiger partial charge in [-0.1, -0.05) is 32.6 Å². The number of rotatable bonds is 10. The number of carbonyl (C=O) groups is 1. The van der Waals surface area contributed by atoms with E-state index in [2.05, 4.69) is 18.6 Å². The maximum Gasteiger partial charge on any atom is 0.305 e. The van der Waals surface area contributed by atoms with Crippen molar-refractivity contribution in [1.82, 2.24) is 0 Å². The van der Waals surface area contributed by atoms with Crippen molar-refractivity contribution in [2.75, 3.05) is 13.7 Å². The lowest BCUT2D eigenvalue weighted by molar-refractivity contribution is -0.141. The first-order valence-electron chi connectivity index (χ1n) is 6.39. The van der Waals surface area contributed by atoms with Crippen LogP contribution in [0.3, 0.4) is 0 Å². The smallest absolute Gasteiger partial charge is 0.305 e. The van der Waals surface area contributed by atoms with E-state index < -0.39 is 0 Å². The van der Waals surface area contributed by atoms with E-state index in [0.29, 0.717) is 19.1 Å². The average molecular weight is 230 g/mol. The fourth-order valence-electron chi connectivity index (χ4n) is 1.54. The lowest BCUT2D eigenvalue weighted by Crippen LogP contribution is -2.10. The number of hydrogen-bond donors (Lipinski definition) is 0. The Morgan fingerprint density at radius 1 is 1.19 bits per heavy atom. The summed E-state index contributed by atoms with van der Waals surface area (Å²) >= 11 is 0. The first-order chi connectivity index (χ1) is 7.70. The first kappa shape index (κ1) is 15.4. The second kappa shape index (κ2) is 10.9. The minimum absolute atomic E-state index is 0.154. The zero-order valence-electron chi connectivity index (χ0n) is 11.0. The highest BCUT2D eigenvalue weighted by Gasteiger charge is 2.03. The molecule has 0 radical (unpaired) electrons. The summed E-state index contributed by atoms with van der Waals surface area (Å²) in [5, 5.41) is 0. The highest BCUT2D eigenvalue weighted by atomic mass is 16.5. The van der Waals surface area contributed by atoms with Crippen LogP contribution in [0.5, 0.6) is 0 Å². The lowest BCUT2D eigenvalue weighted by atomic mass is 10.1. The van der Waals surface area contributed by atoms with Gasteiger partial charge in [-0.25, -0.2) is 0 Å². The van der Waals surface area contributed by atoms with Gasteiger partial charge >= 0.3 is 5.97 Å². The van der Waals surface area contributed by atoms with Gasteiger partial charge in [-0.3, -0.25) is 4.79 Å². The van der Waals surface area contributed by atoms with Crippen molar-refractivity contribution in [3.05, 3.63) is 0 Å². The van der Waals surface area contributed by atoms with Crippen LogP contribution in [0.25, 0.3) is 0 Å². The molecule has 0 bridgehead atoms. The Kier molecular flexibility index (Phi) is 10.5. The summed E-state index contributed by atoms with van der Waals surface area (Å²) in [5.74, 6) is -0.154. The highest BCUT2D eigenvalue weighted by molar-refractivity contribution is 5.68. The van der Waals surface area contributed by atoms with Gasteiger partial charge in [-0.15, -0.1) is 0 Å². The number of ether oxygens (including phenoxy) is 2. The minimum atomic E-state index is -0.154. The van der Waals surface area contributed by atoms with E-state index in [1.165, 1.54) is 32.8 Å². The molecule has 0 saturated carbocycles. The van der Waals surface area contributed by atoms with Gasteiger partial charge in [0.15, 0.2) is 0 Å². The molecule has 0 aliphatic heterocycles. The third-order valence-electron chi connectivity index (χ3n) is 2.62. The molecule has 1 atom stereocenters. The molecule has 0 fully saturated rings. The normalized spacial score (nSPS) is 12.4. The van der Waals surface area contributed by atoms with Crippen LogP contribution in [-0.2, 0) is 14.3 Å². The molecule has 1 unspecified atom stereocenters. The second-order valence-electron chi connectivity index (χ2n) is 4.21. The summed E-state index contributed by atoms with van der Waals surface area (Å²) in [6.07, 6.45) is 7.78. The average Bonchev–Trinajstić information content (AvgIpc) is 2.30. The summed E-state index contributed by atoms with van der Waals surface area (Å²) in [6.45, 7) is 4.97. The fraction of sp³-hybridized carbons (Fsp3) is 0.923. The van der Waals surface area contributed by atoms with E-state index in [4.69, 9.17) is 4.74 Å². The Hall–Kier alpha value is -0.570. The zero-order chi connectivity index (χ0) is 12.2. The van der Waals surface area contributed by atoms with Gasteiger partial charge in [-0.05, 0) is 19.8 Å². The molecule has 0 aliphatic rings. The third-order valence-corrected chi connectivity index (χ3v) is 2.62. The molecule has 3 heteroatoms. The summed E-state index contributed by atoms with van der Waals surface area (Å²) < 4.78 is 10.2. The van der Waals surface area contributed by atoms with Crippen molar-refractivity contribution in [2.24, 2.45) is 0 Å². The standard InChI is InChI=1S/C13H26O3/c1-4-5-6-7-9-12(2)16-11-8-10-13(14)15-3/h12H,4-11H2,1-3H3. The van der Waals surface area contributed by atoms with Crippen LogP contribution in [0.15, 0.2) is 0 Å². The zero-order valence-corrected chi connectivity index (χ0v) is 11.0. The quantitative estimate of drug-likeness (QED) is 0.426. The SMILES string of the molecule is CCCCCCC(C)OCCCC(=O)OC. The van der Waals surface area contributed by atoms with Gasteiger partial charge in [0.1, 0.15) is 0 Å². The molecular weight excluding hydrogens is 204 g/mol. The van der Waals surface area contributed by atoms with E-state index >= 15 is 0 Å². The second-order valence-corrected chi connectivity index (χ2v) is 4.21. The molecule has 0 heterocycles. The molecule has 16 heavy (non-hydrogen) atoms. The van der Waals surface area contributed by atoms with E-state index in [0.717, 1.165) is 12.8 Å². The summed E-state index contributed by atoms with van der Waals surface area (Å²) in [7, 11) is 1.42. The molecule has 3 nitrogen and oxygen atoms in total. The molecule has 96 valence electrons. The monoisotopic (exact) mass is 230 g/mol. The fourth-order valence-corrected chi connectivity index (χ4v) is 1.54. The van der Waals surface area contributed by atoms with Crippen LogP contribution in [-0.4, -0.2) is 25.8 Å². The van der Waals surface area contributed by atoms with Crippen LogP contribution < -0.4 is 0 Å². The van der Waals surface area contributed by atoms with Crippen molar-refractivity contribution in [2.45, 2.75) is 64.9 Å². The molecule has 0 saturated heterocycles. The van der Waals surface area contributed by atoms with Crippen LogP contribution in [0.2, 0.25) is 0 Å². The predicted molar refractivity (Wildman–Crippen MR) is 65.4 cm³/mol. The van der Waals surface area contributed by atoms with Crippen LogP contribution in [0, 0.1) is 0 Å². The molecule has 0 aromatic rings. The van der Waals surface area contributed by atoms with Crippen LogP contribution in [0.4, 0.5) is 0 Å². The molecule has 0 aromatic heterocycles. The third kappa shape index (κ3) is 9.97. The first-order valence-corrected chi connectivity index (χ1v) is 6.39. The Morgan fingerprint density at radius 2 is 1.94 bits per heavy atom. The summed E-state index contributed by atoms with van der Waals surface area (Å²) in [6, 6.07) is 0. The largest absolute Gasteiger partial charge is 0.469 e. The van der Waals surface area contributed by atoms with Gasteiger partial charge in [-0.2, -0.15) is 0 Å². The lowest BCUT2D eigenvalue weighted by Gasteiger charge is -2.12. The molecule has 0 aromatic carbocycles. The van der Waals surface area contributed by atoms with Crippen LogP contribution >= 0.6 is 0 Å². The van der Waals surface area contributed by atoms with Crippen molar-refractivity contribution >= 4 is 5.97 Å². The number of esters is 1. The van der Waals surface area contributed by atoms with Crippen molar-refractivity contribution in [3.8, 4) is 0 Å². The van der Waals surface area contributed by atoms with Crippen molar-refractivity contribution in [1.29, 1.82) is 0 Å². The van der Waals surface area contributed by atoms with Crippen molar-refractivity contribution in [3.63, 3.8) is 0 Å². The van der Waals surface area contributed by atoms with E-state index in [-0.39, 0.29) is 5.97 Å². The molecular formula is C13H26O3. The van der Waals surface area contributed by atoms with Gasteiger partial charge < -0.3 is 9.47 Å². The number of carbonyl (C=O) groups excluding carboxylic acids is 1. The van der Waals surface area contributed by atoms with Gasteiger partial charge in [0.25, 0.3) is 0 Å². The maximum atomic E-state index is 10.8. The maximum absolute atomic E-state index is 10.8. The topological polar surface area (TPSA) is 35.5 Å². The van der Waals surface area contributed by atoms with Gasteiger partial charge in [0.05, 0.1) is 13.2 Å². The van der Waals surface area contributed by atoms with E-state index in [1.54, 1.807) is 0 Å². The molecule has 0 N–H and O–H groups in total. The summed E-state index contributed by atoms with van der Waals surface area (Å²) in [5.41, 5.74) is 0. The molecule has 0 aliphatic carbocycles. The molecule has 0 spiro atoms. The Morgan fingerprint density at radius 3 is 2.56 bits per heavy atom. The van der Waals surface area contributed by atoms with E-state index in [1.807, 2.05) is 0 Å². The van der Waals surface area contributed by atoms with Crippen LogP contribution in [0.1, 0.15) is 58.8 Å². The Bertz CT molecular complexity index is 169. The Balaban J connectivity index is 3.23. The predicted octanol–water partition coefficient (Wildman–Crippen LogP) is 3.32. The number of methoxy groups -OCH3 is 1. The van der Waals surface area contributed by atoms with Crippen molar-refractivity contribution < 1.29 is 14.3 Å². The van der Waals surface area contributed by atoms with Gasteiger partial charge in [0.2, 0.25) is 0 Å². The summed E-state index contributed by atoms with van der Waals surface area (Å²) in [4.78, 5) is 10.8. The molecule has 0 rings (SSSR count). The highest BCUT2D eigenvalue weighted by Crippen LogP contribution is 2.08. The molecule has 0 amide bonds. The van der Waals surface area contributed by atoms with Gasteiger partial charge in [0, 0.05) is 13.0 Å². The number of unbranched alkanes of at least 4 members (excludes halogenated alkanes) is 3. The number of hydrogen-bond acceptors (Lipinski definition) is 3. The Labute approximate surface area is 99.5 Å². The minimum Gasteiger partial charge on any atom is -0.469 e. The van der Waals surface area contributed by atoms with E-state index in [9.17, 15) is 4.79 Å².